The van der Waals surface area contributed by atoms with Crippen molar-refractivity contribution in [2.75, 3.05) is 5.32 Å². The molecule has 0 aliphatic rings. The molecule has 0 fully saturated rings. The summed E-state index contributed by atoms with van der Waals surface area (Å²) in [5.74, 6) is -2.17. The van der Waals surface area contributed by atoms with Crippen LogP contribution >= 0.6 is 0 Å². The minimum atomic E-state index is -0.981. The first kappa shape index (κ1) is 13.1. The summed E-state index contributed by atoms with van der Waals surface area (Å²) in [5.41, 5.74) is 1.19. The summed E-state index contributed by atoms with van der Waals surface area (Å²) in [7, 11) is 0. The number of carbonyl (C=O) groups is 1. The molecule has 0 radical (unpaired) electrons. The average molecular weight is 262 g/mol. The minimum absolute atomic E-state index is 0.245. The summed E-state index contributed by atoms with van der Waals surface area (Å²) < 4.78 is 25.7. The van der Waals surface area contributed by atoms with Gasteiger partial charge in [-0.2, -0.15) is 0 Å². The van der Waals surface area contributed by atoms with Gasteiger partial charge in [0.15, 0.2) is 11.6 Å². The number of anilines is 1. The second-order valence-electron chi connectivity index (χ2n) is 4.04. The predicted octanol–water partition coefficient (Wildman–Crippen LogP) is 2.93. The van der Waals surface area contributed by atoms with Gasteiger partial charge >= 0.3 is 0 Å². The van der Waals surface area contributed by atoms with E-state index >= 15 is 0 Å². The van der Waals surface area contributed by atoms with Crippen molar-refractivity contribution in [3.63, 3.8) is 0 Å². The van der Waals surface area contributed by atoms with Crippen LogP contribution in [0.1, 0.15) is 12.0 Å². The van der Waals surface area contributed by atoms with Crippen LogP contribution in [0.4, 0.5) is 14.5 Å². The molecule has 3 nitrogen and oxygen atoms in total. The predicted molar refractivity (Wildman–Crippen MR) is 67.5 cm³/mol. The third-order valence-electron chi connectivity index (χ3n) is 2.57. The highest BCUT2D eigenvalue weighted by Gasteiger charge is 2.06. The highest BCUT2D eigenvalue weighted by molar-refractivity contribution is 5.90. The smallest absolute Gasteiger partial charge is 0.224 e. The molecule has 0 spiro atoms. The Morgan fingerprint density at radius 2 is 2.05 bits per heavy atom. The molecule has 0 saturated heterocycles. The Balaban J connectivity index is 1.89. The van der Waals surface area contributed by atoms with Crippen LogP contribution in [0.25, 0.3) is 0 Å². The lowest BCUT2D eigenvalue weighted by atomic mass is 10.1. The summed E-state index contributed by atoms with van der Waals surface area (Å²) in [6.45, 7) is 0. The Morgan fingerprint density at radius 1 is 1.21 bits per heavy atom. The van der Waals surface area contributed by atoms with E-state index in [1.165, 1.54) is 6.07 Å². The topological polar surface area (TPSA) is 42.0 Å². The van der Waals surface area contributed by atoms with E-state index in [9.17, 15) is 13.6 Å². The lowest BCUT2D eigenvalue weighted by Gasteiger charge is -2.05. The third-order valence-corrected chi connectivity index (χ3v) is 2.57. The maximum Gasteiger partial charge on any atom is 0.224 e. The van der Waals surface area contributed by atoms with Crippen LogP contribution in [0.15, 0.2) is 42.7 Å². The van der Waals surface area contributed by atoms with Gasteiger partial charge in [0.05, 0.1) is 0 Å². The molecule has 0 unspecified atom stereocenters. The van der Waals surface area contributed by atoms with Gasteiger partial charge in [0, 0.05) is 30.6 Å². The molecule has 1 amide bonds. The van der Waals surface area contributed by atoms with E-state index < -0.39 is 11.6 Å². The number of benzene rings is 1. The fourth-order valence-electron chi connectivity index (χ4n) is 1.60. The third kappa shape index (κ3) is 3.84. The fourth-order valence-corrected chi connectivity index (χ4v) is 1.60. The van der Waals surface area contributed by atoms with E-state index in [1.54, 1.807) is 18.5 Å². The molecule has 5 heteroatoms. The summed E-state index contributed by atoms with van der Waals surface area (Å²) in [6.07, 6.45) is 4.14. The van der Waals surface area contributed by atoms with Gasteiger partial charge in [0.25, 0.3) is 0 Å². The van der Waals surface area contributed by atoms with Gasteiger partial charge in [-0.3, -0.25) is 9.78 Å². The van der Waals surface area contributed by atoms with Crippen LogP contribution in [0.5, 0.6) is 0 Å². The Bertz CT molecular complexity index is 573. The Labute approximate surface area is 109 Å². The van der Waals surface area contributed by atoms with Crippen molar-refractivity contribution in [2.24, 2.45) is 0 Å². The fraction of sp³-hybridized carbons (Fsp3) is 0.143. The Morgan fingerprint density at radius 3 is 2.74 bits per heavy atom. The summed E-state index contributed by atoms with van der Waals surface area (Å²) in [6, 6.07) is 6.92. The maximum atomic E-state index is 12.9. The van der Waals surface area contributed by atoms with Crippen LogP contribution in [-0.4, -0.2) is 10.9 Å². The number of hydrogen-bond acceptors (Lipinski definition) is 2. The van der Waals surface area contributed by atoms with Gasteiger partial charge in [-0.15, -0.1) is 0 Å². The zero-order valence-corrected chi connectivity index (χ0v) is 10.1. The molecule has 19 heavy (non-hydrogen) atoms. The molecule has 2 rings (SSSR count). The Kier molecular flexibility index (Phi) is 4.18. The lowest BCUT2D eigenvalue weighted by Crippen LogP contribution is -2.12. The number of nitrogens with zero attached hydrogens (tertiary/aromatic N) is 1. The molecular weight excluding hydrogens is 250 g/mol. The first-order chi connectivity index (χ1) is 9.15. The van der Waals surface area contributed by atoms with Gasteiger partial charge in [-0.25, -0.2) is 8.78 Å². The van der Waals surface area contributed by atoms with Crippen molar-refractivity contribution >= 4 is 11.6 Å². The molecule has 1 heterocycles. The molecule has 0 aliphatic carbocycles. The number of nitrogens with one attached hydrogen (secondary N) is 1. The number of aromatic nitrogens is 1. The molecule has 2 aromatic rings. The summed E-state index contributed by atoms with van der Waals surface area (Å²) in [5, 5.41) is 2.51. The Hall–Kier alpha value is -2.30. The number of aryl methyl sites for hydroxylation is 1. The van der Waals surface area contributed by atoms with Gasteiger partial charge in [-0.05, 0) is 30.2 Å². The van der Waals surface area contributed by atoms with E-state index in [0.29, 0.717) is 6.42 Å². The minimum Gasteiger partial charge on any atom is -0.326 e. The average Bonchev–Trinajstić information content (AvgIpc) is 2.42. The molecule has 1 aromatic carbocycles. The first-order valence-corrected chi connectivity index (χ1v) is 5.79. The lowest BCUT2D eigenvalue weighted by molar-refractivity contribution is -0.116. The van der Waals surface area contributed by atoms with E-state index in [-0.39, 0.29) is 18.0 Å². The molecule has 0 aliphatic heterocycles. The van der Waals surface area contributed by atoms with Gasteiger partial charge in [0.2, 0.25) is 5.91 Å². The van der Waals surface area contributed by atoms with Crippen molar-refractivity contribution in [3.05, 3.63) is 59.9 Å². The van der Waals surface area contributed by atoms with Gasteiger partial charge in [0.1, 0.15) is 0 Å². The SMILES string of the molecule is O=C(CCc1cccnc1)Nc1ccc(F)c(F)c1. The van der Waals surface area contributed by atoms with Crippen LogP contribution < -0.4 is 5.32 Å². The molecule has 0 bridgehead atoms. The quantitative estimate of drug-likeness (QED) is 0.920. The van der Waals surface area contributed by atoms with E-state index in [0.717, 1.165) is 17.7 Å². The second-order valence-corrected chi connectivity index (χ2v) is 4.04. The molecular formula is C14H12F2N2O. The number of carbonyl (C=O) groups excluding carboxylic acids is 1. The van der Waals surface area contributed by atoms with E-state index in [2.05, 4.69) is 10.3 Å². The van der Waals surface area contributed by atoms with Crippen LogP contribution in [0.2, 0.25) is 0 Å². The van der Waals surface area contributed by atoms with E-state index in [4.69, 9.17) is 0 Å². The normalized spacial score (nSPS) is 10.2. The molecule has 0 saturated carbocycles. The number of rotatable bonds is 4. The van der Waals surface area contributed by atoms with Crippen molar-refractivity contribution in [3.8, 4) is 0 Å². The highest BCUT2D eigenvalue weighted by atomic mass is 19.2. The maximum absolute atomic E-state index is 12.9. The monoisotopic (exact) mass is 262 g/mol. The summed E-state index contributed by atoms with van der Waals surface area (Å²) in [4.78, 5) is 15.6. The van der Waals surface area contributed by atoms with Gasteiger partial charge < -0.3 is 5.32 Å². The standard InChI is InChI=1S/C14H12F2N2O/c15-12-5-4-11(8-13(12)16)18-14(19)6-3-10-2-1-7-17-9-10/h1-2,4-5,7-9H,3,6H2,(H,18,19). The highest BCUT2D eigenvalue weighted by Crippen LogP contribution is 2.13. The summed E-state index contributed by atoms with van der Waals surface area (Å²) >= 11 is 0. The second kappa shape index (κ2) is 6.04. The van der Waals surface area contributed by atoms with Crippen molar-refractivity contribution in [1.82, 2.24) is 4.98 Å². The van der Waals surface area contributed by atoms with Crippen LogP contribution in [0.3, 0.4) is 0 Å². The number of halogens is 2. The largest absolute Gasteiger partial charge is 0.326 e. The van der Waals surface area contributed by atoms with Gasteiger partial charge in [-0.1, -0.05) is 6.07 Å². The van der Waals surface area contributed by atoms with E-state index in [1.807, 2.05) is 6.07 Å². The zero-order chi connectivity index (χ0) is 13.7. The van der Waals surface area contributed by atoms with Crippen molar-refractivity contribution < 1.29 is 13.6 Å². The molecule has 1 N–H and O–H groups in total. The molecule has 98 valence electrons. The first-order valence-electron chi connectivity index (χ1n) is 5.79. The van der Waals surface area contributed by atoms with Crippen molar-refractivity contribution in [1.29, 1.82) is 0 Å². The van der Waals surface area contributed by atoms with Crippen molar-refractivity contribution in [2.45, 2.75) is 12.8 Å². The molecule has 1 aromatic heterocycles. The number of pyridine rings is 1. The zero-order valence-electron chi connectivity index (χ0n) is 10.1. The van der Waals surface area contributed by atoms with Crippen LogP contribution in [-0.2, 0) is 11.2 Å². The molecule has 0 atom stereocenters. The number of amides is 1. The number of hydrogen-bond donors (Lipinski definition) is 1. The van der Waals surface area contributed by atoms with Crippen LogP contribution in [0, 0.1) is 11.6 Å².